The van der Waals surface area contributed by atoms with Crippen LogP contribution in [0.15, 0.2) is 29.2 Å². The number of thioether (sulfide) groups is 1. The van der Waals surface area contributed by atoms with Crippen LogP contribution in [0.4, 0.5) is 0 Å². The fraction of sp³-hybridized carbons (Fsp3) is 0.455. The second-order valence-corrected chi connectivity index (χ2v) is 5.84. The highest BCUT2D eigenvalue weighted by Crippen LogP contribution is 2.25. The summed E-state index contributed by atoms with van der Waals surface area (Å²) < 4.78 is 0. The Hall–Kier alpha value is -0.0800. The molecule has 0 radical (unpaired) electrons. The monoisotopic (exact) mass is 212 g/mol. The van der Waals surface area contributed by atoms with Gasteiger partial charge in [-0.15, -0.1) is 11.8 Å². The van der Waals surface area contributed by atoms with Crippen LogP contribution < -0.4 is 0 Å². The lowest BCUT2D eigenvalue weighted by atomic mass is 10.2. The van der Waals surface area contributed by atoms with Gasteiger partial charge in [-0.1, -0.05) is 26.0 Å². The third kappa shape index (κ3) is 3.65. The molecule has 1 aromatic carbocycles. The molecule has 0 aromatic heterocycles. The molecule has 72 valence electrons. The molecule has 1 unspecified atom stereocenters. The van der Waals surface area contributed by atoms with Crippen molar-refractivity contribution < 1.29 is 0 Å². The van der Waals surface area contributed by atoms with Crippen LogP contribution in [0.3, 0.4) is 0 Å². The van der Waals surface area contributed by atoms with Crippen LogP contribution in [0.25, 0.3) is 0 Å². The number of benzene rings is 1. The van der Waals surface area contributed by atoms with Crippen molar-refractivity contribution in [3.05, 3.63) is 29.8 Å². The molecule has 13 heavy (non-hydrogen) atoms. The zero-order valence-electron chi connectivity index (χ0n) is 8.32. The van der Waals surface area contributed by atoms with Crippen LogP contribution in [-0.4, -0.2) is 5.25 Å². The van der Waals surface area contributed by atoms with E-state index in [1.807, 2.05) is 11.8 Å². The summed E-state index contributed by atoms with van der Waals surface area (Å²) in [4.78, 5) is 1.34. The normalized spacial score (nSPS) is 13.3. The van der Waals surface area contributed by atoms with Crippen LogP contribution in [0.2, 0.25) is 0 Å². The van der Waals surface area contributed by atoms with Crippen molar-refractivity contribution in [2.75, 3.05) is 0 Å². The number of hydrogen-bond donors (Lipinski definition) is 1. The van der Waals surface area contributed by atoms with E-state index in [-0.39, 0.29) is 0 Å². The molecule has 1 aromatic rings. The van der Waals surface area contributed by atoms with E-state index in [0.717, 1.165) is 0 Å². The summed E-state index contributed by atoms with van der Waals surface area (Å²) in [5, 5.41) is 0.984. The van der Waals surface area contributed by atoms with E-state index in [1.165, 1.54) is 10.5 Å². The van der Waals surface area contributed by atoms with Gasteiger partial charge in [-0.2, -0.15) is 12.6 Å². The van der Waals surface area contributed by atoms with Crippen LogP contribution in [0, 0.1) is 0 Å². The minimum Gasteiger partial charge on any atom is -0.171 e. The maximum absolute atomic E-state index is 4.38. The lowest BCUT2D eigenvalue weighted by Crippen LogP contribution is -1.87. The predicted molar refractivity (Wildman–Crippen MR) is 64.8 cm³/mol. The molecule has 0 saturated heterocycles. The van der Waals surface area contributed by atoms with E-state index in [4.69, 9.17) is 0 Å². The Bertz CT molecular complexity index is 249. The molecular formula is C11H16S2. The molecule has 0 nitrogen and oxygen atoms in total. The highest BCUT2D eigenvalue weighted by Gasteiger charge is 2.01. The first-order chi connectivity index (χ1) is 6.09. The fourth-order valence-corrected chi connectivity index (χ4v) is 2.11. The van der Waals surface area contributed by atoms with E-state index in [2.05, 4.69) is 57.7 Å². The van der Waals surface area contributed by atoms with Crippen molar-refractivity contribution in [2.45, 2.75) is 36.2 Å². The highest BCUT2D eigenvalue weighted by molar-refractivity contribution is 7.99. The molecule has 0 N–H and O–H groups in total. The summed E-state index contributed by atoms with van der Waals surface area (Å²) in [7, 11) is 0. The van der Waals surface area contributed by atoms with Gasteiger partial charge in [0.15, 0.2) is 0 Å². The third-order valence-corrected chi connectivity index (χ3v) is 3.05. The summed E-state index contributed by atoms with van der Waals surface area (Å²) in [5.74, 6) is 0. The molecule has 0 spiro atoms. The Balaban J connectivity index is 2.70. The van der Waals surface area contributed by atoms with E-state index in [1.54, 1.807) is 0 Å². The van der Waals surface area contributed by atoms with Crippen molar-refractivity contribution in [3.8, 4) is 0 Å². The minimum atomic E-state index is 0.332. The number of thiol groups is 1. The summed E-state index contributed by atoms with van der Waals surface area (Å²) in [6, 6.07) is 8.66. The van der Waals surface area contributed by atoms with Crippen LogP contribution >= 0.6 is 24.4 Å². The van der Waals surface area contributed by atoms with Crippen molar-refractivity contribution in [1.82, 2.24) is 0 Å². The van der Waals surface area contributed by atoms with E-state index in [0.29, 0.717) is 10.5 Å². The third-order valence-electron chi connectivity index (χ3n) is 1.73. The van der Waals surface area contributed by atoms with Gasteiger partial charge in [0.05, 0.1) is 0 Å². The van der Waals surface area contributed by atoms with Crippen molar-refractivity contribution in [1.29, 1.82) is 0 Å². The Morgan fingerprint density at radius 2 is 1.62 bits per heavy atom. The first kappa shape index (κ1) is 11.0. The lowest BCUT2D eigenvalue weighted by Gasteiger charge is -2.07. The van der Waals surface area contributed by atoms with Crippen LogP contribution in [-0.2, 0) is 0 Å². The van der Waals surface area contributed by atoms with Crippen LogP contribution in [0.5, 0.6) is 0 Å². The van der Waals surface area contributed by atoms with Crippen molar-refractivity contribution in [3.63, 3.8) is 0 Å². The quantitative estimate of drug-likeness (QED) is 0.579. The maximum atomic E-state index is 4.38. The zero-order chi connectivity index (χ0) is 9.84. The topological polar surface area (TPSA) is 0 Å². The van der Waals surface area contributed by atoms with Gasteiger partial charge in [-0.3, -0.25) is 0 Å². The molecule has 0 saturated carbocycles. The number of hydrogen-bond acceptors (Lipinski definition) is 2. The molecule has 0 heterocycles. The predicted octanol–water partition coefficient (Wildman–Crippen LogP) is 4.18. The van der Waals surface area contributed by atoms with Gasteiger partial charge < -0.3 is 0 Å². The maximum Gasteiger partial charge on any atom is 0.0238 e. The van der Waals surface area contributed by atoms with E-state index >= 15 is 0 Å². The minimum absolute atomic E-state index is 0.332. The second-order valence-electron chi connectivity index (χ2n) is 3.41. The molecule has 0 fully saturated rings. The van der Waals surface area contributed by atoms with Gasteiger partial charge in [0.2, 0.25) is 0 Å². The van der Waals surface area contributed by atoms with Crippen LogP contribution in [0.1, 0.15) is 31.6 Å². The molecule has 0 bridgehead atoms. The molecule has 2 heteroatoms. The molecular weight excluding hydrogens is 196 g/mol. The summed E-state index contributed by atoms with van der Waals surface area (Å²) in [6.45, 7) is 6.51. The van der Waals surface area contributed by atoms with Crippen molar-refractivity contribution >= 4 is 24.4 Å². The molecule has 0 amide bonds. The molecule has 1 atom stereocenters. The standard InChI is InChI=1S/C11H16S2/c1-8(2)13-11-6-4-10(5-7-11)9(3)12/h4-9,12H,1-3H3. The average Bonchev–Trinajstić information content (AvgIpc) is 2.04. The average molecular weight is 212 g/mol. The molecule has 0 aliphatic rings. The molecule has 0 aliphatic carbocycles. The first-order valence-electron chi connectivity index (χ1n) is 4.54. The zero-order valence-corrected chi connectivity index (χ0v) is 10.0. The number of rotatable bonds is 3. The van der Waals surface area contributed by atoms with Gasteiger partial charge in [-0.25, -0.2) is 0 Å². The van der Waals surface area contributed by atoms with Gasteiger partial charge in [0.1, 0.15) is 0 Å². The van der Waals surface area contributed by atoms with Gasteiger partial charge in [0.25, 0.3) is 0 Å². The second kappa shape index (κ2) is 4.97. The van der Waals surface area contributed by atoms with Crippen molar-refractivity contribution in [2.24, 2.45) is 0 Å². The Morgan fingerprint density at radius 1 is 1.08 bits per heavy atom. The van der Waals surface area contributed by atoms with Gasteiger partial charge >= 0.3 is 0 Å². The first-order valence-corrected chi connectivity index (χ1v) is 5.94. The summed E-state index contributed by atoms with van der Waals surface area (Å²) in [5.41, 5.74) is 1.29. The molecule has 1 rings (SSSR count). The largest absolute Gasteiger partial charge is 0.171 e. The summed E-state index contributed by atoms with van der Waals surface area (Å²) in [6.07, 6.45) is 0. The van der Waals surface area contributed by atoms with E-state index < -0.39 is 0 Å². The van der Waals surface area contributed by atoms with E-state index in [9.17, 15) is 0 Å². The summed E-state index contributed by atoms with van der Waals surface area (Å²) >= 11 is 6.28. The fourth-order valence-electron chi connectivity index (χ4n) is 1.10. The Kier molecular flexibility index (Phi) is 4.20. The van der Waals surface area contributed by atoms with Gasteiger partial charge in [-0.05, 0) is 24.6 Å². The highest BCUT2D eigenvalue weighted by atomic mass is 32.2. The Labute approximate surface area is 90.5 Å². The lowest BCUT2D eigenvalue weighted by molar-refractivity contribution is 1.09. The smallest absolute Gasteiger partial charge is 0.0238 e. The SMILES string of the molecule is CC(C)Sc1ccc(C(C)S)cc1. The molecule has 0 aliphatic heterocycles. The van der Waals surface area contributed by atoms with Gasteiger partial charge in [0, 0.05) is 15.4 Å². The Morgan fingerprint density at radius 3 is 2.00 bits per heavy atom.